The SMILES string of the molecule is C=C1[C@@H]2CC[C@@H]3[C@@](CC[C@@H]4[C@@]5(C)CCC[C@]43C3OCCN3C5)(C2)[C@@H]1OC(C)=O. The topological polar surface area (TPSA) is 38.8 Å². The molecule has 8 atom stereocenters. The second kappa shape index (κ2) is 5.63. The van der Waals surface area contributed by atoms with Crippen LogP contribution in [-0.4, -0.2) is 42.9 Å². The first-order valence-electron chi connectivity index (χ1n) is 11.6. The number of piperidine rings is 1. The van der Waals surface area contributed by atoms with E-state index in [0.29, 0.717) is 17.3 Å². The van der Waals surface area contributed by atoms with Crippen LogP contribution in [0.5, 0.6) is 0 Å². The van der Waals surface area contributed by atoms with Crippen LogP contribution < -0.4 is 0 Å². The predicted molar refractivity (Wildman–Crippen MR) is 106 cm³/mol. The fourth-order valence-electron chi connectivity index (χ4n) is 9.64. The highest BCUT2D eigenvalue weighted by Crippen LogP contribution is 2.75. The zero-order chi connectivity index (χ0) is 19.3. The van der Waals surface area contributed by atoms with Gasteiger partial charge in [0.25, 0.3) is 0 Å². The van der Waals surface area contributed by atoms with Crippen LogP contribution in [0.2, 0.25) is 0 Å². The Labute approximate surface area is 169 Å². The lowest BCUT2D eigenvalue weighted by molar-refractivity contribution is -0.277. The molecule has 4 aliphatic carbocycles. The molecule has 4 nitrogen and oxygen atoms in total. The van der Waals surface area contributed by atoms with Crippen molar-refractivity contribution in [2.24, 2.45) is 34.0 Å². The standard InChI is InChI=1S/C24H35NO3/c1-15-17-5-6-19-23(13-17,20(15)28-16(2)26)10-7-18-22(3)8-4-9-24(18,19)21-25(14-22)11-12-27-21/h17-21H,1,4-14H2,2-3H3/t17-,18-,19-,20-,21?,22+,23-,24+/m1/s1. The van der Waals surface area contributed by atoms with Crippen molar-refractivity contribution in [2.45, 2.75) is 77.5 Å². The molecule has 1 spiro atoms. The summed E-state index contributed by atoms with van der Waals surface area (Å²) in [6.07, 6.45) is 10.4. The molecule has 2 saturated heterocycles. The van der Waals surface area contributed by atoms with Crippen molar-refractivity contribution in [3.05, 3.63) is 12.2 Å². The summed E-state index contributed by atoms with van der Waals surface area (Å²) in [7, 11) is 0. The Bertz CT molecular complexity index is 735. The number of carbonyl (C=O) groups excluding carboxylic acids is 1. The van der Waals surface area contributed by atoms with E-state index in [2.05, 4.69) is 18.4 Å². The van der Waals surface area contributed by atoms with Crippen LogP contribution in [-0.2, 0) is 14.3 Å². The fraction of sp³-hybridized carbons (Fsp3) is 0.875. The number of ether oxygens (including phenoxy) is 2. The van der Waals surface area contributed by atoms with Crippen LogP contribution in [0.4, 0.5) is 0 Å². The summed E-state index contributed by atoms with van der Waals surface area (Å²) in [5, 5.41) is 0. The Kier molecular flexibility index (Phi) is 3.61. The number of hydrogen-bond acceptors (Lipinski definition) is 4. The first-order valence-corrected chi connectivity index (χ1v) is 11.6. The molecule has 0 aromatic rings. The third-order valence-electron chi connectivity index (χ3n) is 10.2. The number of rotatable bonds is 1. The lowest BCUT2D eigenvalue weighted by Gasteiger charge is -2.70. The van der Waals surface area contributed by atoms with Crippen LogP contribution in [0.3, 0.4) is 0 Å². The Morgan fingerprint density at radius 3 is 2.89 bits per heavy atom. The molecule has 6 rings (SSSR count). The van der Waals surface area contributed by atoms with E-state index in [-0.39, 0.29) is 29.1 Å². The van der Waals surface area contributed by atoms with Crippen molar-refractivity contribution in [1.29, 1.82) is 0 Å². The van der Waals surface area contributed by atoms with Gasteiger partial charge < -0.3 is 9.47 Å². The smallest absolute Gasteiger partial charge is 0.303 e. The van der Waals surface area contributed by atoms with Gasteiger partial charge >= 0.3 is 5.97 Å². The second-order valence-corrected chi connectivity index (χ2v) is 11.2. The highest BCUT2D eigenvalue weighted by atomic mass is 16.5. The Balaban J connectivity index is 1.50. The van der Waals surface area contributed by atoms with Crippen LogP contribution >= 0.6 is 0 Å². The lowest BCUT2D eigenvalue weighted by Crippen LogP contribution is -2.71. The first kappa shape index (κ1) is 17.9. The van der Waals surface area contributed by atoms with Gasteiger partial charge in [-0.25, -0.2) is 0 Å². The van der Waals surface area contributed by atoms with Crippen LogP contribution in [0.25, 0.3) is 0 Å². The maximum absolute atomic E-state index is 12.0. The van der Waals surface area contributed by atoms with E-state index in [4.69, 9.17) is 9.47 Å². The van der Waals surface area contributed by atoms with Gasteiger partial charge in [0, 0.05) is 30.8 Å². The molecule has 2 aliphatic heterocycles. The average molecular weight is 386 g/mol. The Morgan fingerprint density at radius 1 is 1.21 bits per heavy atom. The van der Waals surface area contributed by atoms with Gasteiger partial charge in [-0.1, -0.05) is 19.9 Å². The van der Waals surface area contributed by atoms with Crippen molar-refractivity contribution in [3.8, 4) is 0 Å². The molecule has 4 saturated carbocycles. The lowest BCUT2D eigenvalue weighted by atomic mass is 9.38. The normalized spacial score (nSPS) is 54.6. The summed E-state index contributed by atoms with van der Waals surface area (Å²) in [5.41, 5.74) is 1.99. The maximum atomic E-state index is 12.0. The number of nitrogens with zero attached hydrogens (tertiary/aromatic N) is 1. The minimum absolute atomic E-state index is 0.0669. The summed E-state index contributed by atoms with van der Waals surface area (Å²) in [5.74, 6) is 1.77. The van der Waals surface area contributed by atoms with Gasteiger partial charge in [-0.3, -0.25) is 9.69 Å². The number of esters is 1. The molecule has 2 heterocycles. The first-order chi connectivity index (χ1) is 13.4. The summed E-state index contributed by atoms with van der Waals surface area (Å²) in [6, 6.07) is 0. The van der Waals surface area contributed by atoms with Gasteiger partial charge in [-0.05, 0) is 73.7 Å². The largest absolute Gasteiger partial charge is 0.457 e. The van der Waals surface area contributed by atoms with Crippen molar-refractivity contribution in [2.75, 3.05) is 19.7 Å². The van der Waals surface area contributed by atoms with Crippen molar-refractivity contribution in [1.82, 2.24) is 4.90 Å². The zero-order valence-corrected chi connectivity index (χ0v) is 17.5. The minimum atomic E-state index is -0.137. The molecule has 0 radical (unpaired) electrons. The molecule has 0 aromatic heterocycles. The van der Waals surface area contributed by atoms with Gasteiger partial charge in [0.2, 0.25) is 0 Å². The molecule has 4 heteroatoms. The summed E-state index contributed by atoms with van der Waals surface area (Å²) < 4.78 is 12.6. The van der Waals surface area contributed by atoms with E-state index in [1.165, 1.54) is 63.5 Å². The monoisotopic (exact) mass is 385 g/mol. The summed E-state index contributed by atoms with van der Waals surface area (Å²) in [6.45, 7) is 11.8. The maximum Gasteiger partial charge on any atom is 0.303 e. The predicted octanol–water partition coefficient (Wildman–Crippen LogP) is 4.15. The molecule has 6 aliphatic rings. The van der Waals surface area contributed by atoms with Crippen molar-refractivity contribution in [3.63, 3.8) is 0 Å². The Morgan fingerprint density at radius 2 is 2.07 bits per heavy atom. The van der Waals surface area contributed by atoms with E-state index in [0.717, 1.165) is 19.1 Å². The highest BCUT2D eigenvalue weighted by molar-refractivity contribution is 5.67. The second-order valence-electron chi connectivity index (χ2n) is 11.2. The van der Waals surface area contributed by atoms with E-state index in [9.17, 15) is 4.79 Å². The quantitative estimate of drug-likeness (QED) is 0.502. The van der Waals surface area contributed by atoms with Gasteiger partial charge in [0.05, 0.1) is 6.61 Å². The van der Waals surface area contributed by atoms with Gasteiger partial charge in [0.1, 0.15) is 12.3 Å². The Hall–Kier alpha value is -0.870. The van der Waals surface area contributed by atoms with Gasteiger partial charge in [-0.2, -0.15) is 0 Å². The third-order valence-corrected chi connectivity index (χ3v) is 10.2. The minimum Gasteiger partial charge on any atom is -0.457 e. The summed E-state index contributed by atoms with van der Waals surface area (Å²) in [4.78, 5) is 14.7. The molecular weight excluding hydrogens is 350 g/mol. The zero-order valence-electron chi connectivity index (χ0n) is 17.5. The van der Waals surface area contributed by atoms with Crippen LogP contribution in [0.15, 0.2) is 12.2 Å². The van der Waals surface area contributed by atoms with E-state index in [1.54, 1.807) is 6.92 Å². The third kappa shape index (κ3) is 1.97. The average Bonchev–Trinajstić information content (AvgIpc) is 3.18. The van der Waals surface area contributed by atoms with Crippen molar-refractivity contribution < 1.29 is 14.3 Å². The van der Waals surface area contributed by atoms with Crippen LogP contribution in [0.1, 0.15) is 65.2 Å². The van der Waals surface area contributed by atoms with E-state index in [1.807, 2.05) is 0 Å². The van der Waals surface area contributed by atoms with Crippen LogP contribution in [0, 0.1) is 34.0 Å². The van der Waals surface area contributed by atoms with Gasteiger partial charge in [0.15, 0.2) is 0 Å². The highest BCUT2D eigenvalue weighted by Gasteiger charge is 2.73. The molecule has 1 unspecified atom stereocenters. The number of hydrogen-bond donors (Lipinski definition) is 0. The molecule has 4 bridgehead atoms. The van der Waals surface area contributed by atoms with E-state index < -0.39 is 0 Å². The summed E-state index contributed by atoms with van der Waals surface area (Å²) >= 11 is 0. The number of fused-ring (bicyclic) bond motifs is 2. The van der Waals surface area contributed by atoms with E-state index >= 15 is 0 Å². The molecule has 0 amide bonds. The molecule has 0 aromatic carbocycles. The number of carbonyl (C=O) groups is 1. The molecule has 154 valence electrons. The molecule has 28 heavy (non-hydrogen) atoms. The van der Waals surface area contributed by atoms with Crippen molar-refractivity contribution >= 4 is 5.97 Å². The fourth-order valence-corrected chi connectivity index (χ4v) is 9.64. The molecule has 6 fully saturated rings. The van der Waals surface area contributed by atoms with Gasteiger partial charge in [-0.15, -0.1) is 0 Å². The molecular formula is C24H35NO3. The molecule has 0 N–H and O–H groups in total.